The average molecular weight is 288 g/mol. The lowest BCUT2D eigenvalue weighted by Gasteiger charge is -2.57. The molecule has 1 heterocycles. The van der Waals surface area contributed by atoms with Crippen LogP contribution >= 0.6 is 0 Å². The molecule has 4 fully saturated rings. The highest BCUT2D eigenvalue weighted by atomic mass is 16.2. The molecule has 0 saturated heterocycles. The highest BCUT2D eigenvalue weighted by Crippen LogP contribution is 2.61. The first-order valence-electron chi connectivity index (χ1n) is 8.30. The van der Waals surface area contributed by atoms with Crippen LogP contribution in [0.5, 0.6) is 0 Å². The molecule has 0 aliphatic heterocycles. The van der Waals surface area contributed by atoms with Crippen molar-refractivity contribution in [2.75, 3.05) is 6.54 Å². The molecule has 0 radical (unpaired) electrons. The molecular formula is C16H24N4O. The summed E-state index contributed by atoms with van der Waals surface area (Å²) in [6, 6.07) is 0. The molecule has 1 amide bonds. The molecule has 4 bridgehead atoms. The van der Waals surface area contributed by atoms with Crippen molar-refractivity contribution in [1.82, 2.24) is 20.1 Å². The van der Waals surface area contributed by atoms with Crippen molar-refractivity contribution in [3.63, 3.8) is 0 Å². The van der Waals surface area contributed by atoms with Gasteiger partial charge in [-0.1, -0.05) is 0 Å². The SMILES string of the molecule is O=C(Cn1cncn1)NCCC12CC3CC(CC(C3)C1)C2. The zero-order valence-corrected chi connectivity index (χ0v) is 12.5. The third-order valence-corrected chi connectivity index (χ3v) is 5.91. The van der Waals surface area contributed by atoms with Gasteiger partial charge < -0.3 is 5.32 Å². The van der Waals surface area contributed by atoms with Crippen LogP contribution in [0.2, 0.25) is 0 Å². The maximum atomic E-state index is 11.9. The Morgan fingerprint density at radius 3 is 2.43 bits per heavy atom. The average Bonchev–Trinajstić information content (AvgIpc) is 2.89. The van der Waals surface area contributed by atoms with Gasteiger partial charge in [0.2, 0.25) is 5.91 Å². The fraction of sp³-hybridized carbons (Fsp3) is 0.812. The molecule has 0 spiro atoms. The minimum Gasteiger partial charge on any atom is -0.354 e. The molecular weight excluding hydrogens is 264 g/mol. The van der Waals surface area contributed by atoms with E-state index < -0.39 is 0 Å². The van der Waals surface area contributed by atoms with Gasteiger partial charge in [0.1, 0.15) is 19.2 Å². The molecule has 1 N–H and O–H groups in total. The van der Waals surface area contributed by atoms with Crippen LogP contribution in [0.1, 0.15) is 44.9 Å². The molecule has 4 aliphatic rings. The van der Waals surface area contributed by atoms with Crippen molar-refractivity contribution >= 4 is 5.91 Å². The normalized spacial score (nSPS) is 36.9. The zero-order chi connectivity index (χ0) is 14.3. The van der Waals surface area contributed by atoms with Gasteiger partial charge >= 0.3 is 0 Å². The number of nitrogens with one attached hydrogen (secondary N) is 1. The Hall–Kier alpha value is -1.39. The Morgan fingerprint density at radius 1 is 1.19 bits per heavy atom. The van der Waals surface area contributed by atoms with Crippen LogP contribution in [-0.4, -0.2) is 27.2 Å². The summed E-state index contributed by atoms with van der Waals surface area (Å²) in [5.74, 6) is 3.01. The smallest absolute Gasteiger partial charge is 0.241 e. The van der Waals surface area contributed by atoms with E-state index in [4.69, 9.17) is 0 Å². The maximum Gasteiger partial charge on any atom is 0.241 e. The van der Waals surface area contributed by atoms with E-state index in [1.165, 1.54) is 51.3 Å². The van der Waals surface area contributed by atoms with E-state index >= 15 is 0 Å². The maximum absolute atomic E-state index is 11.9. The minimum atomic E-state index is 0.0465. The summed E-state index contributed by atoms with van der Waals surface area (Å²) in [7, 11) is 0. The van der Waals surface area contributed by atoms with E-state index in [1.54, 1.807) is 11.0 Å². The summed E-state index contributed by atoms with van der Waals surface area (Å²) in [6.07, 6.45) is 12.9. The Morgan fingerprint density at radius 2 is 1.86 bits per heavy atom. The molecule has 0 atom stereocenters. The van der Waals surface area contributed by atoms with Crippen LogP contribution in [0, 0.1) is 23.2 Å². The first-order chi connectivity index (χ1) is 10.2. The highest BCUT2D eigenvalue weighted by molar-refractivity contribution is 5.75. The van der Waals surface area contributed by atoms with Crippen LogP contribution in [0.25, 0.3) is 0 Å². The summed E-state index contributed by atoms with van der Waals surface area (Å²) in [6.45, 7) is 1.10. The van der Waals surface area contributed by atoms with Crippen molar-refractivity contribution < 1.29 is 4.79 Å². The van der Waals surface area contributed by atoms with E-state index in [1.807, 2.05) is 0 Å². The minimum absolute atomic E-state index is 0.0465. The molecule has 4 aliphatic carbocycles. The molecule has 1 aromatic heterocycles. The van der Waals surface area contributed by atoms with Crippen molar-refractivity contribution in [2.45, 2.75) is 51.5 Å². The first-order valence-corrected chi connectivity index (χ1v) is 8.30. The van der Waals surface area contributed by atoms with Gasteiger partial charge in [0.25, 0.3) is 0 Å². The second kappa shape index (κ2) is 5.11. The molecule has 21 heavy (non-hydrogen) atoms. The highest BCUT2D eigenvalue weighted by Gasteiger charge is 2.50. The van der Waals surface area contributed by atoms with Gasteiger partial charge in [-0.25, -0.2) is 9.67 Å². The third kappa shape index (κ3) is 2.70. The zero-order valence-electron chi connectivity index (χ0n) is 12.5. The standard InChI is InChI=1S/C16H24N4O/c21-15(9-20-11-17-10-19-20)18-2-1-16-6-12-3-13(7-16)5-14(4-12)8-16/h10-14H,1-9H2,(H,18,21). The van der Waals surface area contributed by atoms with Gasteiger partial charge in [0.15, 0.2) is 0 Å². The largest absolute Gasteiger partial charge is 0.354 e. The molecule has 5 nitrogen and oxygen atoms in total. The number of hydrogen-bond donors (Lipinski definition) is 1. The van der Waals surface area contributed by atoms with Crippen LogP contribution < -0.4 is 5.32 Å². The van der Waals surface area contributed by atoms with E-state index in [9.17, 15) is 4.79 Å². The number of rotatable bonds is 5. The number of nitrogens with zero attached hydrogens (tertiary/aromatic N) is 3. The van der Waals surface area contributed by atoms with Gasteiger partial charge in [-0.15, -0.1) is 0 Å². The second-order valence-corrected chi connectivity index (χ2v) is 7.61. The molecule has 1 aromatic rings. The second-order valence-electron chi connectivity index (χ2n) is 7.61. The Labute approximate surface area is 125 Å². The summed E-state index contributed by atoms with van der Waals surface area (Å²) in [5.41, 5.74) is 0.551. The van der Waals surface area contributed by atoms with Gasteiger partial charge in [0.05, 0.1) is 0 Å². The molecule has 0 aromatic carbocycles. The van der Waals surface area contributed by atoms with Crippen LogP contribution in [0.3, 0.4) is 0 Å². The molecule has 114 valence electrons. The summed E-state index contributed by atoms with van der Waals surface area (Å²) in [5, 5.41) is 7.03. The van der Waals surface area contributed by atoms with Crippen molar-refractivity contribution in [2.24, 2.45) is 23.2 Å². The quantitative estimate of drug-likeness (QED) is 0.901. The molecule has 5 heteroatoms. The Kier molecular flexibility index (Phi) is 3.23. The molecule has 4 saturated carbocycles. The van der Waals surface area contributed by atoms with Crippen molar-refractivity contribution in [3.05, 3.63) is 12.7 Å². The Balaban J connectivity index is 1.28. The summed E-state index contributed by atoms with van der Waals surface area (Å²) < 4.78 is 1.57. The Bertz CT molecular complexity index is 475. The van der Waals surface area contributed by atoms with Gasteiger partial charge in [-0.3, -0.25) is 4.79 Å². The number of carbonyl (C=O) groups excluding carboxylic acids is 1. The van der Waals surface area contributed by atoms with Crippen LogP contribution in [0.15, 0.2) is 12.7 Å². The monoisotopic (exact) mass is 288 g/mol. The number of amides is 1. The van der Waals surface area contributed by atoms with Crippen LogP contribution in [0.4, 0.5) is 0 Å². The summed E-state index contributed by atoms with van der Waals surface area (Å²) >= 11 is 0. The van der Waals surface area contributed by atoms with E-state index in [0.717, 1.165) is 24.3 Å². The van der Waals surface area contributed by atoms with Crippen molar-refractivity contribution in [1.29, 1.82) is 0 Å². The third-order valence-electron chi connectivity index (χ3n) is 5.91. The van der Waals surface area contributed by atoms with Crippen molar-refractivity contribution in [3.8, 4) is 0 Å². The number of aromatic nitrogens is 3. The predicted molar refractivity (Wildman–Crippen MR) is 78.3 cm³/mol. The lowest BCUT2D eigenvalue weighted by Crippen LogP contribution is -2.47. The fourth-order valence-electron chi connectivity index (χ4n) is 5.58. The number of hydrogen-bond acceptors (Lipinski definition) is 3. The van der Waals surface area contributed by atoms with E-state index in [2.05, 4.69) is 15.4 Å². The van der Waals surface area contributed by atoms with Crippen LogP contribution in [-0.2, 0) is 11.3 Å². The van der Waals surface area contributed by atoms with Gasteiger partial charge in [0, 0.05) is 6.54 Å². The van der Waals surface area contributed by atoms with E-state index in [0.29, 0.717) is 5.41 Å². The first kappa shape index (κ1) is 13.3. The van der Waals surface area contributed by atoms with Gasteiger partial charge in [-0.05, 0) is 68.1 Å². The number of carbonyl (C=O) groups is 1. The molecule has 5 rings (SSSR count). The topological polar surface area (TPSA) is 59.8 Å². The molecule has 0 unspecified atom stereocenters. The predicted octanol–water partition coefficient (Wildman–Crippen LogP) is 2.00. The van der Waals surface area contributed by atoms with E-state index in [-0.39, 0.29) is 12.5 Å². The van der Waals surface area contributed by atoms with Gasteiger partial charge in [-0.2, -0.15) is 5.10 Å². The summed E-state index contributed by atoms with van der Waals surface area (Å²) in [4.78, 5) is 15.8. The fourth-order valence-corrected chi connectivity index (χ4v) is 5.58. The lowest BCUT2D eigenvalue weighted by atomic mass is 9.49. The lowest BCUT2D eigenvalue weighted by molar-refractivity contribution is -0.122.